The van der Waals surface area contributed by atoms with Gasteiger partial charge in [-0.25, -0.2) is 0 Å². The molecule has 0 N–H and O–H groups in total. The zero-order chi connectivity index (χ0) is 20.1. The van der Waals surface area contributed by atoms with Crippen LogP contribution < -0.4 is 15.3 Å². The molecule has 0 spiro atoms. The maximum atomic E-state index is 2.72. The molecule has 0 amide bonds. The first kappa shape index (κ1) is 20.6. The fraction of sp³-hybridized carbons (Fsp3) is 0.308. The van der Waals surface area contributed by atoms with Gasteiger partial charge in [-0.15, -0.1) is 0 Å². The van der Waals surface area contributed by atoms with Gasteiger partial charge in [-0.1, -0.05) is 106 Å². The van der Waals surface area contributed by atoms with Crippen molar-refractivity contribution < 1.29 is 0 Å². The first-order valence-corrected chi connectivity index (χ1v) is 11.5. The molecule has 0 bridgehead atoms. The third kappa shape index (κ3) is 4.65. The maximum absolute atomic E-state index is 2.72. The Hall–Kier alpha value is -2.11. The Balaban J connectivity index is 2.23. The van der Waals surface area contributed by atoms with Crippen molar-refractivity contribution in [2.45, 2.75) is 40.7 Å². The third-order valence-electron chi connectivity index (χ3n) is 5.16. The molecular weight excluding hydrogens is 357 g/mol. The van der Waals surface area contributed by atoms with E-state index >= 15 is 0 Å². The van der Waals surface area contributed by atoms with Gasteiger partial charge in [-0.3, -0.25) is 0 Å². The molecular formula is C26H32NP. The first-order valence-electron chi connectivity index (χ1n) is 10.2. The Morgan fingerprint density at radius 2 is 1.04 bits per heavy atom. The molecule has 0 aliphatic heterocycles. The summed E-state index contributed by atoms with van der Waals surface area (Å²) in [4.78, 5) is 0. The van der Waals surface area contributed by atoms with Gasteiger partial charge in [0.05, 0.1) is 8.07 Å². The fourth-order valence-electron chi connectivity index (χ4n) is 3.99. The monoisotopic (exact) mass is 389 g/mol. The average molecular weight is 390 g/mol. The van der Waals surface area contributed by atoms with Gasteiger partial charge < -0.3 is 4.67 Å². The molecule has 1 nitrogen and oxygen atoms in total. The molecule has 0 radical (unpaired) electrons. The highest BCUT2D eigenvalue weighted by molar-refractivity contribution is 7.74. The number of hydrogen-bond donors (Lipinski definition) is 0. The van der Waals surface area contributed by atoms with Crippen LogP contribution in [0.1, 0.15) is 33.3 Å². The summed E-state index contributed by atoms with van der Waals surface area (Å²) in [7, 11) is -0.671. The predicted molar refractivity (Wildman–Crippen MR) is 126 cm³/mol. The van der Waals surface area contributed by atoms with Gasteiger partial charge in [0.15, 0.2) is 0 Å². The lowest BCUT2D eigenvalue weighted by Crippen LogP contribution is -2.43. The molecule has 0 unspecified atom stereocenters. The van der Waals surface area contributed by atoms with Crippen LogP contribution in [0.4, 0.5) is 5.69 Å². The minimum Gasteiger partial charge on any atom is -0.339 e. The van der Waals surface area contributed by atoms with Crippen LogP contribution in [-0.4, -0.2) is 6.04 Å². The molecule has 0 saturated heterocycles. The molecule has 146 valence electrons. The third-order valence-corrected chi connectivity index (χ3v) is 7.67. The lowest BCUT2D eigenvalue weighted by Gasteiger charge is -2.44. The van der Waals surface area contributed by atoms with E-state index in [1.165, 1.54) is 21.9 Å². The molecule has 0 atom stereocenters. The largest absolute Gasteiger partial charge is 0.339 e. The Bertz CT molecular complexity index is 793. The molecule has 3 aromatic carbocycles. The Labute approximate surface area is 172 Å². The lowest BCUT2D eigenvalue weighted by molar-refractivity contribution is 0.392. The van der Waals surface area contributed by atoms with Crippen LogP contribution in [0, 0.1) is 18.8 Å². The van der Waals surface area contributed by atoms with Gasteiger partial charge in [0, 0.05) is 22.3 Å². The van der Waals surface area contributed by atoms with E-state index < -0.39 is 8.07 Å². The molecule has 0 saturated carbocycles. The number of benzene rings is 3. The van der Waals surface area contributed by atoms with Crippen molar-refractivity contribution >= 4 is 24.4 Å². The second kappa shape index (κ2) is 9.39. The van der Waals surface area contributed by atoms with Gasteiger partial charge >= 0.3 is 0 Å². The summed E-state index contributed by atoms with van der Waals surface area (Å²) >= 11 is 0. The van der Waals surface area contributed by atoms with Crippen LogP contribution in [0.25, 0.3) is 0 Å². The summed E-state index contributed by atoms with van der Waals surface area (Å²) in [5, 5.41) is 2.80. The summed E-state index contributed by atoms with van der Waals surface area (Å²) < 4.78 is 2.72. The number of nitrogens with zero attached hydrogens (tertiary/aromatic N) is 1. The molecule has 0 heterocycles. The van der Waals surface area contributed by atoms with E-state index in [2.05, 4.69) is 124 Å². The first-order chi connectivity index (χ1) is 13.5. The van der Waals surface area contributed by atoms with Crippen LogP contribution in [0.15, 0.2) is 84.9 Å². The van der Waals surface area contributed by atoms with Crippen molar-refractivity contribution in [1.82, 2.24) is 0 Å². The maximum Gasteiger partial charge on any atom is 0.0552 e. The molecule has 28 heavy (non-hydrogen) atoms. The summed E-state index contributed by atoms with van der Waals surface area (Å²) in [6, 6.07) is 31.6. The number of aryl methyl sites for hydroxylation is 1. The highest BCUT2D eigenvalue weighted by Crippen LogP contribution is 2.46. The highest BCUT2D eigenvalue weighted by Gasteiger charge is 2.33. The summed E-state index contributed by atoms with van der Waals surface area (Å²) in [6.45, 7) is 11.6. The highest BCUT2D eigenvalue weighted by atomic mass is 31.1. The van der Waals surface area contributed by atoms with Crippen LogP contribution in [0.3, 0.4) is 0 Å². The molecule has 3 aromatic rings. The van der Waals surface area contributed by atoms with Crippen LogP contribution >= 0.6 is 8.07 Å². The Morgan fingerprint density at radius 3 is 1.43 bits per heavy atom. The quantitative estimate of drug-likeness (QED) is 0.415. The standard InChI is InChI=1S/C26H32NP/c1-20(2)26(21(3)4)27(23-18-16-22(5)17-19-23)28(24-12-8-6-9-13-24)25-14-10-7-11-15-25/h6-21,26H,1-5H3. The lowest BCUT2D eigenvalue weighted by atomic mass is 9.93. The van der Waals surface area contributed by atoms with Crippen molar-refractivity contribution in [3.05, 3.63) is 90.5 Å². The van der Waals surface area contributed by atoms with E-state index in [9.17, 15) is 0 Å². The Morgan fingerprint density at radius 1 is 0.607 bits per heavy atom. The molecule has 0 aliphatic rings. The topological polar surface area (TPSA) is 3.24 Å². The fourth-order valence-corrected chi connectivity index (χ4v) is 6.86. The van der Waals surface area contributed by atoms with Crippen LogP contribution in [0.5, 0.6) is 0 Å². The zero-order valence-corrected chi connectivity index (χ0v) is 18.6. The van der Waals surface area contributed by atoms with Crippen LogP contribution in [0.2, 0.25) is 0 Å². The van der Waals surface area contributed by atoms with Crippen molar-refractivity contribution in [1.29, 1.82) is 0 Å². The van der Waals surface area contributed by atoms with Gasteiger partial charge in [-0.2, -0.15) is 0 Å². The number of hydrogen-bond acceptors (Lipinski definition) is 1. The molecule has 0 aliphatic carbocycles. The summed E-state index contributed by atoms with van der Waals surface area (Å²) in [5.41, 5.74) is 2.62. The second-order valence-corrected chi connectivity index (χ2v) is 10.2. The van der Waals surface area contributed by atoms with Crippen molar-refractivity contribution in [2.75, 3.05) is 4.67 Å². The predicted octanol–water partition coefficient (Wildman–Crippen LogP) is 6.53. The SMILES string of the molecule is Cc1ccc(N(C(C(C)C)C(C)C)P(c2ccccc2)c2ccccc2)cc1. The zero-order valence-electron chi connectivity index (χ0n) is 17.7. The van der Waals surface area contributed by atoms with Crippen molar-refractivity contribution in [2.24, 2.45) is 11.8 Å². The van der Waals surface area contributed by atoms with Gasteiger partial charge in [-0.05, 0) is 30.9 Å². The van der Waals surface area contributed by atoms with E-state index in [0.717, 1.165) is 0 Å². The molecule has 0 aromatic heterocycles. The molecule has 2 heteroatoms. The van der Waals surface area contributed by atoms with E-state index in [1.807, 2.05) is 0 Å². The summed E-state index contributed by atoms with van der Waals surface area (Å²) in [6.07, 6.45) is 0. The van der Waals surface area contributed by atoms with Crippen molar-refractivity contribution in [3.63, 3.8) is 0 Å². The summed E-state index contributed by atoms with van der Waals surface area (Å²) in [5.74, 6) is 1.11. The smallest absolute Gasteiger partial charge is 0.0552 e. The number of anilines is 1. The Kier molecular flexibility index (Phi) is 6.92. The van der Waals surface area contributed by atoms with Gasteiger partial charge in [0.1, 0.15) is 0 Å². The van der Waals surface area contributed by atoms with Crippen molar-refractivity contribution in [3.8, 4) is 0 Å². The van der Waals surface area contributed by atoms with E-state index in [0.29, 0.717) is 17.9 Å². The minimum absolute atomic E-state index is 0.453. The molecule has 0 fully saturated rings. The molecule has 3 rings (SSSR count). The average Bonchev–Trinajstić information content (AvgIpc) is 2.69. The van der Waals surface area contributed by atoms with Gasteiger partial charge in [0.25, 0.3) is 0 Å². The minimum atomic E-state index is -0.671. The van der Waals surface area contributed by atoms with E-state index in [4.69, 9.17) is 0 Å². The van der Waals surface area contributed by atoms with Crippen LogP contribution in [-0.2, 0) is 0 Å². The normalized spacial score (nSPS) is 11.6. The van der Waals surface area contributed by atoms with Gasteiger partial charge in [0.2, 0.25) is 0 Å². The van der Waals surface area contributed by atoms with E-state index in [-0.39, 0.29) is 0 Å². The second-order valence-electron chi connectivity index (χ2n) is 8.14. The van der Waals surface area contributed by atoms with E-state index in [1.54, 1.807) is 0 Å². The number of rotatable bonds is 7.